The van der Waals surface area contributed by atoms with Gasteiger partial charge in [0.1, 0.15) is 11.6 Å². The number of benzene rings is 2. The van der Waals surface area contributed by atoms with E-state index < -0.39 is 23.5 Å². The van der Waals surface area contributed by atoms with Crippen molar-refractivity contribution in [2.24, 2.45) is 0 Å². The molecule has 0 aliphatic rings. The molecule has 1 N–H and O–H groups in total. The molecule has 0 unspecified atom stereocenters. The molecule has 3 rings (SSSR count). The molecular weight excluding hydrogens is 522 g/mol. The van der Waals surface area contributed by atoms with E-state index in [0.29, 0.717) is 31.6 Å². The molecule has 0 spiro atoms. The first-order chi connectivity index (χ1) is 18.3. The lowest BCUT2D eigenvalue weighted by molar-refractivity contribution is -0.376. The van der Waals surface area contributed by atoms with Crippen LogP contribution in [0.5, 0.6) is 5.75 Å². The lowest BCUT2D eigenvalue weighted by Gasteiger charge is -2.33. The van der Waals surface area contributed by atoms with Crippen molar-refractivity contribution in [3.8, 4) is 17.1 Å². The van der Waals surface area contributed by atoms with Gasteiger partial charge in [0.15, 0.2) is 0 Å². The Labute approximate surface area is 224 Å². The summed E-state index contributed by atoms with van der Waals surface area (Å²) < 4.78 is 89.5. The van der Waals surface area contributed by atoms with Crippen LogP contribution in [-0.2, 0) is 25.0 Å². The fourth-order valence-electron chi connectivity index (χ4n) is 4.64. The Morgan fingerprint density at radius 3 is 1.95 bits per heavy atom. The quantitative estimate of drug-likeness (QED) is 0.182. The molecule has 1 heterocycles. The molecule has 0 amide bonds. The van der Waals surface area contributed by atoms with Gasteiger partial charge in [0, 0.05) is 23.9 Å². The fraction of sp³-hybridized carbons (Fsp3) is 0.483. The van der Waals surface area contributed by atoms with Gasteiger partial charge in [-0.3, -0.25) is 0 Å². The molecule has 214 valence electrons. The average molecular weight is 557 g/mol. The number of imidazole rings is 1. The van der Waals surface area contributed by atoms with Crippen molar-refractivity contribution >= 4 is 0 Å². The summed E-state index contributed by atoms with van der Waals surface area (Å²) >= 11 is 0. The highest BCUT2D eigenvalue weighted by Crippen LogP contribution is 2.51. The standard InChI is InChI=1S/C29H34F6N2O2/c1-4-11-22-17-24(27(38,28(30,31)32)29(33,34)35)18-23(12-5-2)25(22)39-16-10-9-15-37-19-20(3)36-26(37)21-13-7-6-8-14-21/h6-8,13-14,17-19,38H,4-5,9-12,15-16H2,1-3H3. The van der Waals surface area contributed by atoms with Crippen LogP contribution in [-0.4, -0.2) is 33.6 Å². The molecule has 0 saturated heterocycles. The van der Waals surface area contributed by atoms with Crippen molar-refractivity contribution in [2.45, 2.75) is 83.8 Å². The number of aliphatic hydroxyl groups is 1. The molecule has 2 aromatic carbocycles. The van der Waals surface area contributed by atoms with Gasteiger partial charge in [-0.25, -0.2) is 4.98 Å². The van der Waals surface area contributed by atoms with Crippen LogP contribution in [0.3, 0.4) is 0 Å². The molecule has 0 aliphatic carbocycles. The van der Waals surface area contributed by atoms with Gasteiger partial charge in [-0.1, -0.05) is 57.0 Å². The van der Waals surface area contributed by atoms with E-state index in [4.69, 9.17) is 4.74 Å². The summed E-state index contributed by atoms with van der Waals surface area (Å²) in [5.41, 5.74) is -3.87. The van der Waals surface area contributed by atoms with Crippen molar-refractivity contribution in [2.75, 3.05) is 6.61 Å². The topological polar surface area (TPSA) is 47.3 Å². The largest absolute Gasteiger partial charge is 0.493 e. The molecular formula is C29H34F6N2O2. The number of alkyl halides is 6. The number of halogens is 6. The van der Waals surface area contributed by atoms with Gasteiger partial charge in [-0.2, -0.15) is 26.3 Å². The van der Waals surface area contributed by atoms with E-state index in [1.54, 1.807) is 13.8 Å². The van der Waals surface area contributed by atoms with Gasteiger partial charge < -0.3 is 14.4 Å². The predicted octanol–water partition coefficient (Wildman–Crippen LogP) is 7.93. The van der Waals surface area contributed by atoms with Crippen molar-refractivity contribution in [1.29, 1.82) is 0 Å². The average Bonchev–Trinajstić information content (AvgIpc) is 3.24. The number of nitrogens with zero attached hydrogens (tertiary/aromatic N) is 2. The molecule has 0 radical (unpaired) electrons. The highest BCUT2D eigenvalue weighted by atomic mass is 19.4. The van der Waals surface area contributed by atoms with Crippen LogP contribution < -0.4 is 4.74 Å². The molecule has 0 fully saturated rings. The number of hydrogen-bond donors (Lipinski definition) is 1. The maximum atomic E-state index is 13.6. The molecule has 0 bridgehead atoms. The van der Waals surface area contributed by atoms with E-state index in [0.717, 1.165) is 35.6 Å². The molecule has 1 aromatic heterocycles. The first-order valence-corrected chi connectivity index (χ1v) is 13.1. The number of hydrogen-bond acceptors (Lipinski definition) is 3. The second-order valence-electron chi connectivity index (χ2n) is 9.65. The second kappa shape index (κ2) is 12.4. The van der Waals surface area contributed by atoms with Crippen LogP contribution in [0.15, 0.2) is 48.7 Å². The summed E-state index contributed by atoms with van der Waals surface area (Å²) in [6, 6.07) is 11.4. The number of ether oxygens (including phenoxy) is 1. The fourth-order valence-corrected chi connectivity index (χ4v) is 4.64. The summed E-state index contributed by atoms with van der Waals surface area (Å²) in [5, 5.41) is 9.99. The number of aryl methyl sites for hydroxylation is 4. The normalized spacial score (nSPS) is 12.7. The summed E-state index contributed by atoms with van der Waals surface area (Å²) in [6.45, 7) is 6.37. The van der Waals surface area contributed by atoms with E-state index in [9.17, 15) is 31.4 Å². The van der Waals surface area contributed by atoms with Crippen molar-refractivity contribution < 1.29 is 36.2 Å². The zero-order chi connectivity index (χ0) is 28.8. The Balaban J connectivity index is 1.80. The molecule has 0 atom stereocenters. The van der Waals surface area contributed by atoms with E-state index in [-0.39, 0.29) is 30.6 Å². The van der Waals surface area contributed by atoms with E-state index in [1.807, 2.05) is 43.5 Å². The number of unbranched alkanes of at least 4 members (excludes halogenated alkanes) is 1. The molecule has 3 aromatic rings. The molecule has 0 saturated carbocycles. The van der Waals surface area contributed by atoms with Crippen molar-refractivity contribution in [1.82, 2.24) is 9.55 Å². The van der Waals surface area contributed by atoms with Gasteiger partial charge in [-0.15, -0.1) is 0 Å². The van der Waals surface area contributed by atoms with Crippen LogP contribution in [0.2, 0.25) is 0 Å². The molecule has 39 heavy (non-hydrogen) atoms. The number of aromatic nitrogens is 2. The highest BCUT2D eigenvalue weighted by molar-refractivity contribution is 5.55. The summed E-state index contributed by atoms with van der Waals surface area (Å²) in [6.07, 6.45) is -7.21. The first-order valence-electron chi connectivity index (χ1n) is 13.1. The molecule has 10 heteroatoms. The Bertz CT molecular complexity index is 1180. The first kappa shape index (κ1) is 30.5. The molecule has 4 nitrogen and oxygen atoms in total. The second-order valence-corrected chi connectivity index (χ2v) is 9.65. The van der Waals surface area contributed by atoms with E-state index in [1.165, 1.54) is 0 Å². The van der Waals surface area contributed by atoms with Gasteiger partial charge in [0.2, 0.25) is 0 Å². The monoisotopic (exact) mass is 556 g/mol. The summed E-state index contributed by atoms with van der Waals surface area (Å²) in [5.74, 6) is 1.15. The lowest BCUT2D eigenvalue weighted by atomic mass is 9.87. The van der Waals surface area contributed by atoms with Gasteiger partial charge >= 0.3 is 12.4 Å². The van der Waals surface area contributed by atoms with Crippen LogP contribution in [0.4, 0.5) is 26.3 Å². The minimum atomic E-state index is -5.94. The van der Waals surface area contributed by atoms with Gasteiger partial charge in [0.05, 0.1) is 12.3 Å². The third-order valence-electron chi connectivity index (χ3n) is 6.49. The third kappa shape index (κ3) is 6.77. The maximum absolute atomic E-state index is 13.6. The highest BCUT2D eigenvalue weighted by Gasteiger charge is 2.71. The summed E-state index contributed by atoms with van der Waals surface area (Å²) in [7, 11) is 0. The minimum absolute atomic E-state index is 0.209. The smallest absolute Gasteiger partial charge is 0.430 e. The van der Waals surface area contributed by atoms with Crippen LogP contribution in [0, 0.1) is 6.92 Å². The van der Waals surface area contributed by atoms with Crippen molar-refractivity contribution in [3.63, 3.8) is 0 Å². The van der Waals surface area contributed by atoms with E-state index >= 15 is 0 Å². The zero-order valence-electron chi connectivity index (χ0n) is 22.3. The Morgan fingerprint density at radius 1 is 0.872 bits per heavy atom. The lowest BCUT2D eigenvalue weighted by Crippen LogP contribution is -2.54. The SMILES string of the molecule is CCCc1cc(C(O)(C(F)(F)F)C(F)(F)F)cc(CCC)c1OCCCCn1cc(C)nc1-c1ccccc1. The number of rotatable bonds is 12. The van der Waals surface area contributed by atoms with Gasteiger partial charge in [0.25, 0.3) is 5.60 Å². The van der Waals surface area contributed by atoms with Crippen LogP contribution >= 0.6 is 0 Å². The van der Waals surface area contributed by atoms with Crippen LogP contribution in [0.25, 0.3) is 11.4 Å². The Hall–Kier alpha value is -3.01. The maximum Gasteiger partial charge on any atom is 0.430 e. The van der Waals surface area contributed by atoms with Crippen LogP contribution in [0.1, 0.15) is 61.9 Å². The van der Waals surface area contributed by atoms with Gasteiger partial charge in [-0.05, 0) is 55.9 Å². The third-order valence-corrected chi connectivity index (χ3v) is 6.49. The summed E-state index contributed by atoms with van der Waals surface area (Å²) in [4.78, 5) is 4.61. The zero-order valence-corrected chi connectivity index (χ0v) is 22.3. The van der Waals surface area contributed by atoms with E-state index in [2.05, 4.69) is 9.55 Å². The Kier molecular flexibility index (Phi) is 9.74. The molecule has 0 aliphatic heterocycles. The minimum Gasteiger partial charge on any atom is -0.493 e. The predicted molar refractivity (Wildman–Crippen MR) is 138 cm³/mol. The Morgan fingerprint density at radius 2 is 1.44 bits per heavy atom. The van der Waals surface area contributed by atoms with Crippen molar-refractivity contribution in [3.05, 3.63) is 71.0 Å².